The number of halogens is 3. The molecule has 0 atom stereocenters. The van der Waals surface area contributed by atoms with E-state index in [-0.39, 0.29) is 12.2 Å². The van der Waals surface area contributed by atoms with Crippen molar-refractivity contribution in [2.75, 3.05) is 18.5 Å². The molecule has 0 aliphatic heterocycles. The highest BCUT2D eigenvalue weighted by atomic mass is 19.1. The zero-order chi connectivity index (χ0) is 15.4. The lowest BCUT2D eigenvalue weighted by Crippen LogP contribution is -2.20. The lowest BCUT2D eigenvalue weighted by Gasteiger charge is -2.21. The van der Waals surface area contributed by atoms with Gasteiger partial charge in [-0.2, -0.15) is 0 Å². The first-order valence-electron chi connectivity index (χ1n) is 6.65. The maximum absolute atomic E-state index is 14.1. The Hall–Kier alpha value is -2.01. The fourth-order valence-corrected chi connectivity index (χ4v) is 2.25. The topological polar surface area (TPSA) is 29.3 Å². The van der Waals surface area contributed by atoms with E-state index in [2.05, 4.69) is 0 Å². The average Bonchev–Trinajstić information content (AvgIpc) is 2.41. The molecule has 112 valence electrons. The summed E-state index contributed by atoms with van der Waals surface area (Å²) in [5.74, 6) is -1.74. The third-order valence-corrected chi connectivity index (χ3v) is 3.26. The van der Waals surface area contributed by atoms with Gasteiger partial charge in [0.25, 0.3) is 0 Å². The molecule has 5 heteroatoms. The lowest BCUT2D eigenvalue weighted by molar-refractivity contribution is 0.568. The van der Waals surface area contributed by atoms with Crippen molar-refractivity contribution in [1.29, 1.82) is 0 Å². The first-order chi connectivity index (χ1) is 10.0. The Labute approximate surface area is 122 Å². The van der Waals surface area contributed by atoms with Crippen LogP contribution in [0.25, 0.3) is 0 Å². The third-order valence-electron chi connectivity index (χ3n) is 3.26. The number of benzene rings is 2. The van der Waals surface area contributed by atoms with Gasteiger partial charge in [0.2, 0.25) is 0 Å². The van der Waals surface area contributed by atoms with Crippen LogP contribution in [0.15, 0.2) is 36.4 Å². The number of rotatable bonds is 5. The van der Waals surface area contributed by atoms with Crippen LogP contribution < -0.4 is 10.6 Å². The molecule has 0 aliphatic carbocycles. The van der Waals surface area contributed by atoms with Crippen molar-refractivity contribution in [1.82, 2.24) is 0 Å². The van der Waals surface area contributed by atoms with E-state index in [1.54, 1.807) is 18.2 Å². The molecule has 2 N–H and O–H groups in total. The summed E-state index contributed by atoms with van der Waals surface area (Å²) in [5, 5.41) is 0. The number of anilines is 1. The van der Waals surface area contributed by atoms with Crippen LogP contribution in [0.3, 0.4) is 0 Å². The lowest BCUT2D eigenvalue weighted by atomic mass is 10.1. The Morgan fingerprint density at radius 2 is 1.62 bits per heavy atom. The van der Waals surface area contributed by atoms with Crippen LogP contribution in [-0.2, 0) is 13.0 Å². The predicted molar refractivity (Wildman–Crippen MR) is 77.6 cm³/mol. The summed E-state index contributed by atoms with van der Waals surface area (Å²) in [6.07, 6.45) is 0.408. The van der Waals surface area contributed by atoms with Gasteiger partial charge in [-0.3, -0.25) is 0 Å². The Morgan fingerprint density at radius 3 is 2.19 bits per heavy atom. The Balaban J connectivity index is 2.27. The normalized spacial score (nSPS) is 10.7. The monoisotopic (exact) mass is 294 g/mol. The van der Waals surface area contributed by atoms with Gasteiger partial charge < -0.3 is 10.6 Å². The molecule has 2 aromatic carbocycles. The van der Waals surface area contributed by atoms with Crippen LogP contribution in [0.1, 0.15) is 11.1 Å². The van der Waals surface area contributed by atoms with Crippen LogP contribution in [0, 0.1) is 17.5 Å². The van der Waals surface area contributed by atoms with Gasteiger partial charge in [-0.05, 0) is 36.7 Å². The van der Waals surface area contributed by atoms with Crippen molar-refractivity contribution >= 4 is 5.69 Å². The van der Waals surface area contributed by atoms with Gasteiger partial charge in [-0.15, -0.1) is 0 Å². The van der Waals surface area contributed by atoms with E-state index in [0.29, 0.717) is 24.1 Å². The number of hydrogen-bond donors (Lipinski definition) is 1. The Kier molecular flexibility index (Phi) is 4.85. The summed E-state index contributed by atoms with van der Waals surface area (Å²) in [7, 11) is 1.52. The van der Waals surface area contributed by atoms with Crippen molar-refractivity contribution < 1.29 is 13.2 Å². The molecular formula is C16H17F3N2. The first kappa shape index (κ1) is 15.4. The van der Waals surface area contributed by atoms with Crippen molar-refractivity contribution in [3.05, 3.63) is 65.0 Å². The predicted octanol–water partition coefficient (Wildman–Crippen LogP) is 3.24. The average molecular weight is 294 g/mol. The van der Waals surface area contributed by atoms with E-state index >= 15 is 0 Å². The van der Waals surface area contributed by atoms with Crippen molar-refractivity contribution in [3.8, 4) is 0 Å². The van der Waals surface area contributed by atoms with E-state index in [9.17, 15) is 13.2 Å². The van der Waals surface area contributed by atoms with Gasteiger partial charge in [0.15, 0.2) is 0 Å². The van der Waals surface area contributed by atoms with Crippen molar-refractivity contribution in [2.45, 2.75) is 13.0 Å². The molecular weight excluding hydrogens is 277 g/mol. The van der Waals surface area contributed by atoms with Crippen LogP contribution in [0.4, 0.5) is 18.9 Å². The highest BCUT2D eigenvalue weighted by Crippen LogP contribution is 2.26. The SMILES string of the molecule is CN(Cc1ccccc1F)c1c(F)cc(CCN)cc1F. The van der Waals surface area contributed by atoms with Crippen LogP contribution in [0.5, 0.6) is 0 Å². The molecule has 0 saturated heterocycles. The molecule has 0 unspecified atom stereocenters. The molecule has 0 aromatic heterocycles. The van der Waals surface area contributed by atoms with E-state index < -0.39 is 17.5 Å². The quantitative estimate of drug-likeness (QED) is 0.917. The molecule has 0 radical (unpaired) electrons. The zero-order valence-electron chi connectivity index (χ0n) is 11.7. The fraction of sp³-hybridized carbons (Fsp3) is 0.250. The zero-order valence-corrected chi connectivity index (χ0v) is 11.7. The van der Waals surface area contributed by atoms with E-state index in [1.165, 1.54) is 30.1 Å². The molecule has 0 bridgehead atoms. The molecule has 2 rings (SSSR count). The number of nitrogens with two attached hydrogens (primary N) is 1. The first-order valence-corrected chi connectivity index (χ1v) is 6.65. The van der Waals surface area contributed by atoms with Crippen LogP contribution in [-0.4, -0.2) is 13.6 Å². The molecule has 0 amide bonds. The van der Waals surface area contributed by atoms with E-state index in [4.69, 9.17) is 5.73 Å². The standard InChI is InChI=1S/C16H17F3N2/c1-21(10-12-4-2-3-5-13(12)17)16-14(18)8-11(6-7-20)9-15(16)19/h2-5,8-9H,6-7,10,20H2,1H3. The molecule has 2 aromatic rings. The minimum atomic E-state index is -0.669. The van der Waals surface area contributed by atoms with Crippen LogP contribution in [0.2, 0.25) is 0 Å². The largest absolute Gasteiger partial charge is 0.365 e. The highest BCUT2D eigenvalue weighted by molar-refractivity contribution is 5.50. The third kappa shape index (κ3) is 3.55. The molecule has 0 aliphatic rings. The fourth-order valence-electron chi connectivity index (χ4n) is 2.25. The summed E-state index contributed by atoms with van der Waals surface area (Å²) >= 11 is 0. The molecule has 21 heavy (non-hydrogen) atoms. The second-order valence-corrected chi connectivity index (χ2v) is 4.89. The van der Waals surface area contributed by atoms with Gasteiger partial charge in [0.1, 0.15) is 23.1 Å². The Bertz CT molecular complexity index is 606. The van der Waals surface area contributed by atoms with Gasteiger partial charge >= 0.3 is 0 Å². The van der Waals surface area contributed by atoms with E-state index in [1.807, 2.05) is 0 Å². The summed E-state index contributed by atoms with van der Waals surface area (Å²) in [6, 6.07) is 8.70. The van der Waals surface area contributed by atoms with Gasteiger partial charge in [-0.25, -0.2) is 13.2 Å². The smallest absolute Gasteiger partial charge is 0.149 e. The summed E-state index contributed by atoms with van der Waals surface area (Å²) < 4.78 is 41.7. The van der Waals surface area contributed by atoms with Gasteiger partial charge in [0.05, 0.1) is 0 Å². The Morgan fingerprint density at radius 1 is 1.00 bits per heavy atom. The highest BCUT2D eigenvalue weighted by Gasteiger charge is 2.16. The maximum atomic E-state index is 14.1. The molecule has 2 nitrogen and oxygen atoms in total. The number of hydrogen-bond acceptors (Lipinski definition) is 2. The summed E-state index contributed by atoms with van der Waals surface area (Å²) in [4.78, 5) is 1.36. The molecule has 0 fully saturated rings. The minimum absolute atomic E-state index is 0.0801. The second-order valence-electron chi connectivity index (χ2n) is 4.89. The van der Waals surface area contributed by atoms with E-state index in [0.717, 1.165) is 0 Å². The maximum Gasteiger partial charge on any atom is 0.149 e. The summed E-state index contributed by atoms with van der Waals surface area (Å²) in [5.41, 5.74) is 6.10. The second kappa shape index (κ2) is 6.63. The molecule has 0 heterocycles. The van der Waals surface area contributed by atoms with Crippen molar-refractivity contribution in [3.63, 3.8) is 0 Å². The number of nitrogens with zero attached hydrogens (tertiary/aromatic N) is 1. The van der Waals surface area contributed by atoms with Crippen LogP contribution >= 0.6 is 0 Å². The van der Waals surface area contributed by atoms with Crippen molar-refractivity contribution in [2.24, 2.45) is 5.73 Å². The molecule has 0 saturated carbocycles. The van der Waals surface area contributed by atoms with Gasteiger partial charge in [0, 0.05) is 19.2 Å². The van der Waals surface area contributed by atoms with Gasteiger partial charge in [-0.1, -0.05) is 18.2 Å². The molecule has 0 spiro atoms. The summed E-state index contributed by atoms with van der Waals surface area (Å²) in [6.45, 7) is 0.403. The minimum Gasteiger partial charge on any atom is -0.365 e.